The van der Waals surface area contributed by atoms with Crippen molar-refractivity contribution in [1.29, 1.82) is 0 Å². The summed E-state index contributed by atoms with van der Waals surface area (Å²) in [4.78, 5) is 20.8. The molecule has 0 unspecified atom stereocenters. The number of carbonyl (C=O) groups is 1. The van der Waals surface area contributed by atoms with Gasteiger partial charge in [0, 0.05) is 24.2 Å². The third-order valence-electron chi connectivity index (χ3n) is 5.61. The van der Waals surface area contributed by atoms with Crippen molar-refractivity contribution in [3.8, 4) is 17.2 Å². The highest BCUT2D eigenvalue weighted by Gasteiger charge is 2.24. The number of aromatic nitrogens is 4. The summed E-state index contributed by atoms with van der Waals surface area (Å²) in [6.07, 6.45) is 2.69. The van der Waals surface area contributed by atoms with E-state index in [1.807, 2.05) is 27.7 Å². The molecule has 1 aliphatic heterocycles. The van der Waals surface area contributed by atoms with Gasteiger partial charge >= 0.3 is 0 Å². The zero-order chi connectivity index (χ0) is 22.1. The fourth-order valence-corrected chi connectivity index (χ4v) is 5.71. The second-order valence-electron chi connectivity index (χ2n) is 7.87. The molecule has 1 aromatic carbocycles. The molecule has 0 radical (unpaired) electrons. The van der Waals surface area contributed by atoms with Gasteiger partial charge in [-0.05, 0) is 61.0 Å². The van der Waals surface area contributed by atoms with Gasteiger partial charge in [0.15, 0.2) is 11.0 Å². The van der Waals surface area contributed by atoms with E-state index in [1.165, 1.54) is 27.8 Å². The highest BCUT2D eigenvalue weighted by Crippen LogP contribution is 2.30. The number of aryl methyl sites for hydroxylation is 2. The third kappa shape index (κ3) is 4.08. The van der Waals surface area contributed by atoms with Crippen LogP contribution in [-0.4, -0.2) is 42.9 Å². The number of carbonyl (C=O) groups excluding carboxylic acids is 1. The van der Waals surface area contributed by atoms with Crippen LogP contribution >= 0.6 is 23.1 Å². The highest BCUT2D eigenvalue weighted by atomic mass is 32.2. The minimum atomic E-state index is 0.126. The number of amides is 1. The summed E-state index contributed by atoms with van der Waals surface area (Å²) < 4.78 is 2.02. The van der Waals surface area contributed by atoms with Gasteiger partial charge < -0.3 is 4.90 Å². The van der Waals surface area contributed by atoms with E-state index >= 15 is 0 Å². The average molecular weight is 462 g/mol. The van der Waals surface area contributed by atoms with Gasteiger partial charge in [0.25, 0.3) is 0 Å². The van der Waals surface area contributed by atoms with Crippen LogP contribution in [-0.2, 0) is 17.8 Å². The lowest BCUT2D eigenvalue weighted by atomic mass is 10.1. The van der Waals surface area contributed by atoms with Crippen LogP contribution in [0.5, 0.6) is 0 Å². The maximum absolute atomic E-state index is 13.0. The van der Waals surface area contributed by atoms with Crippen molar-refractivity contribution in [3.63, 3.8) is 0 Å². The summed E-state index contributed by atoms with van der Waals surface area (Å²) in [6.45, 7) is 5.63. The molecule has 4 aromatic rings. The Morgan fingerprint density at radius 2 is 2.06 bits per heavy atom. The van der Waals surface area contributed by atoms with Crippen LogP contribution < -0.4 is 0 Å². The van der Waals surface area contributed by atoms with Gasteiger partial charge in [-0.1, -0.05) is 35.5 Å². The SMILES string of the molecule is Cc1ccc(-n2c(SCC(=O)N3CCc4sccc4C3)nnc2-c2ccccn2)c(C)c1. The molecule has 4 heterocycles. The summed E-state index contributed by atoms with van der Waals surface area (Å²) in [5.41, 5.74) is 5.34. The van der Waals surface area contributed by atoms with E-state index in [-0.39, 0.29) is 5.91 Å². The molecule has 1 aliphatic rings. The highest BCUT2D eigenvalue weighted by molar-refractivity contribution is 7.99. The second-order valence-corrected chi connectivity index (χ2v) is 9.81. The summed E-state index contributed by atoms with van der Waals surface area (Å²) in [6, 6.07) is 14.2. The molecule has 3 aromatic heterocycles. The fourth-order valence-electron chi connectivity index (χ4n) is 3.98. The minimum absolute atomic E-state index is 0.126. The molecule has 8 heteroatoms. The number of benzene rings is 1. The predicted octanol–water partition coefficient (Wildman–Crippen LogP) is 4.68. The van der Waals surface area contributed by atoms with Gasteiger partial charge in [0.05, 0.1) is 11.4 Å². The Balaban J connectivity index is 1.43. The zero-order valence-corrected chi connectivity index (χ0v) is 19.6. The third-order valence-corrected chi connectivity index (χ3v) is 7.54. The van der Waals surface area contributed by atoms with Gasteiger partial charge in [-0.3, -0.25) is 14.3 Å². The van der Waals surface area contributed by atoms with Gasteiger partial charge in [0.2, 0.25) is 5.91 Å². The van der Waals surface area contributed by atoms with Gasteiger partial charge in [-0.25, -0.2) is 0 Å². The molecule has 1 amide bonds. The van der Waals surface area contributed by atoms with Gasteiger partial charge in [0.1, 0.15) is 5.69 Å². The Bertz CT molecular complexity index is 1260. The molecule has 0 fully saturated rings. The van der Waals surface area contributed by atoms with Crippen molar-refractivity contribution in [3.05, 3.63) is 75.6 Å². The van der Waals surface area contributed by atoms with E-state index in [0.29, 0.717) is 23.3 Å². The summed E-state index contributed by atoms with van der Waals surface area (Å²) in [5, 5.41) is 11.7. The van der Waals surface area contributed by atoms with Crippen LogP contribution in [0.4, 0.5) is 0 Å². The minimum Gasteiger partial charge on any atom is -0.337 e. The molecule has 0 spiro atoms. The van der Waals surface area contributed by atoms with Crippen LogP contribution in [0.1, 0.15) is 21.6 Å². The van der Waals surface area contributed by atoms with Crippen LogP contribution in [0, 0.1) is 13.8 Å². The molecule has 0 bridgehead atoms. The first-order chi connectivity index (χ1) is 15.6. The summed E-state index contributed by atoms with van der Waals surface area (Å²) in [5.74, 6) is 1.12. The molecule has 0 atom stereocenters. The van der Waals surface area contributed by atoms with E-state index in [0.717, 1.165) is 29.9 Å². The Labute approximate surface area is 195 Å². The average Bonchev–Trinajstić information content (AvgIpc) is 3.44. The van der Waals surface area contributed by atoms with Crippen molar-refractivity contribution < 1.29 is 4.79 Å². The molecular weight excluding hydrogens is 438 g/mol. The first kappa shape index (κ1) is 20.9. The van der Waals surface area contributed by atoms with Crippen molar-refractivity contribution in [2.45, 2.75) is 32.0 Å². The van der Waals surface area contributed by atoms with E-state index in [4.69, 9.17) is 0 Å². The lowest BCUT2D eigenvalue weighted by Crippen LogP contribution is -2.36. The molecular formula is C24H23N5OS2. The molecule has 0 saturated carbocycles. The molecule has 6 nitrogen and oxygen atoms in total. The summed E-state index contributed by atoms with van der Waals surface area (Å²) in [7, 11) is 0. The van der Waals surface area contributed by atoms with Crippen molar-refractivity contribution in [2.24, 2.45) is 0 Å². The number of nitrogens with zero attached hydrogens (tertiary/aromatic N) is 5. The standard InChI is InChI=1S/C24H23N5OS2/c1-16-6-7-20(17(2)13-16)29-23(19-5-3-4-10-25-19)26-27-24(29)32-15-22(30)28-11-8-21-18(14-28)9-12-31-21/h3-7,9-10,12-13H,8,11,14-15H2,1-2H3. The number of thiophene rings is 1. The number of hydrogen-bond acceptors (Lipinski definition) is 6. The topological polar surface area (TPSA) is 63.9 Å². The fraction of sp³-hybridized carbons (Fsp3) is 0.250. The Hall–Kier alpha value is -2.97. The molecule has 32 heavy (non-hydrogen) atoms. The Morgan fingerprint density at radius 1 is 1.16 bits per heavy atom. The zero-order valence-electron chi connectivity index (χ0n) is 18.0. The monoisotopic (exact) mass is 461 g/mol. The lowest BCUT2D eigenvalue weighted by molar-refractivity contribution is -0.129. The second kappa shape index (κ2) is 8.88. The van der Waals surface area contributed by atoms with Crippen molar-refractivity contribution >= 4 is 29.0 Å². The lowest BCUT2D eigenvalue weighted by Gasteiger charge is -2.26. The number of fused-ring (bicyclic) bond motifs is 1. The van der Waals surface area contributed by atoms with Gasteiger partial charge in [-0.2, -0.15) is 0 Å². The van der Waals surface area contributed by atoms with E-state index in [9.17, 15) is 4.79 Å². The first-order valence-corrected chi connectivity index (χ1v) is 12.4. The van der Waals surface area contributed by atoms with Gasteiger partial charge in [-0.15, -0.1) is 21.5 Å². The summed E-state index contributed by atoms with van der Waals surface area (Å²) >= 11 is 3.21. The quantitative estimate of drug-likeness (QED) is 0.404. The number of pyridine rings is 1. The first-order valence-electron chi connectivity index (χ1n) is 10.5. The predicted molar refractivity (Wildman–Crippen MR) is 128 cm³/mol. The molecule has 0 saturated heterocycles. The number of rotatable bonds is 5. The molecule has 162 valence electrons. The largest absolute Gasteiger partial charge is 0.337 e. The normalized spacial score (nSPS) is 13.2. The van der Waals surface area contributed by atoms with Crippen molar-refractivity contribution in [1.82, 2.24) is 24.6 Å². The number of thioether (sulfide) groups is 1. The van der Waals surface area contributed by atoms with Crippen LogP contribution in [0.25, 0.3) is 17.2 Å². The van der Waals surface area contributed by atoms with Crippen LogP contribution in [0.3, 0.4) is 0 Å². The maximum Gasteiger partial charge on any atom is 0.233 e. The number of hydrogen-bond donors (Lipinski definition) is 0. The molecule has 0 N–H and O–H groups in total. The van der Waals surface area contributed by atoms with E-state index < -0.39 is 0 Å². The smallest absolute Gasteiger partial charge is 0.233 e. The van der Waals surface area contributed by atoms with Crippen molar-refractivity contribution in [2.75, 3.05) is 12.3 Å². The molecule has 5 rings (SSSR count). The van der Waals surface area contributed by atoms with Crippen LogP contribution in [0.15, 0.2) is 59.2 Å². The Kier molecular flexibility index (Phi) is 5.80. The van der Waals surface area contributed by atoms with E-state index in [1.54, 1.807) is 17.5 Å². The molecule has 0 aliphatic carbocycles. The van der Waals surface area contributed by atoms with E-state index in [2.05, 4.69) is 58.7 Å². The van der Waals surface area contributed by atoms with Crippen LogP contribution in [0.2, 0.25) is 0 Å². The maximum atomic E-state index is 13.0. The Morgan fingerprint density at radius 3 is 2.88 bits per heavy atom.